The number of nitrogens with zero attached hydrogens (tertiary/aromatic N) is 2. The van der Waals surface area contributed by atoms with Crippen LogP contribution >= 0.6 is 0 Å². The van der Waals surface area contributed by atoms with Gasteiger partial charge in [-0.15, -0.1) is 0 Å². The van der Waals surface area contributed by atoms with Crippen LogP contribution in [-0.4, -0.2) is 30.6 Å². The van der Waals surface area contributed by atoms with Crippen LogP contribution in [0.25, 0.3) is 0 Å². The van der Waals surface area contributed by atoms with Crippen molar-refractivity contribution in [1.82, 2.24) is 4.90 Å². The molecule has 0 aliphatic carbocycles. The quantitative estimate of drug-likeness (QED) is 0.0881. The summed E-state index contributed by atoms with van der Waals surface area (Å²) >= 11 is 0. The van der Waals surface area contributed by atoms with Crippen LogP contribution in [0.5, 0.6) is 11.5 Å². The molecule has 2 aromatic carbocycles. The van der Waals surface area contributed by atoms with Crippen molar-refractivity contribution in [3.05, 3.63) is 89.7 Å². The summed E-state index contributed by atoms with van der Waals surface area (Å²) < 4.78 is 19.2. The number of aryl methyl sites for hydroxylation is 1. The summed E-state index contributed by atoms with van der Waals surface area (Å²) in [4.78, 5) is 27.7. The average Bonchev–Trinajstić information content (AvgIpc) is 3.08. The minimum absolute atomic E-state index is 0.00257. The second kappa shape index (κ2) is 21.0. The number of unbranched alkanes of at least 4 members (excludes halogenated alkanes) is 11. The second-order valence-corrected chi connectivity index (χ2v) is 11.6. The topological polar surface area (TPSA) is 69.0 Å². The van der Waals surface area contributed by atoms with Gasteiger partial charge in [0.2, 0.25) is 0 Å². The molecule has 0 spiro atoms. The molecule has 1 heterocycles. The SMILES string of the molecule is CCCCCCCCCCCCCCOc1ccc(COC(=O)N(Cc2cc[n+](CC)cc2)C(=O)c2ccccc2)cc1OC. The Labute approximate surface area is 270 Å². The summed E-state index contributed by atoms with van der Waals surface area (Å²) in [6.07, 6.45) is 18.8. The Balaban J connectivity index is 1.45. The Morgan fingerprint density at radius 2 is 1.33 bits per heavy atom. The predicted octanol–water partition coefficient (Wildman–Crippen LogP) is 9.06. The summed E-state index contributed by atoms with van der Waals surface area (Å²) in [5.41, 5.74) is 2.00. The van der Waals surface area contributed by atoms with E-state index in [2.05, 4.69) is 13.8 Å². The predicted molar refractivity (Wildman–Crippen MR) is 178 cm³/mol. The molecule has 0 aliphatic heterocycles. The van der Waals surface area contributed by atoms with Gasteiger partial charge in [-0.25, -0.2) is 14.3 Å². The Kier molecular flexibility index (Phi) is 16.6. The molecular weight excluding hydrogens is 564 g/mol. The Morgan fingerprint density at radius 3 is 1.93 bits per heavy atom. The minimum Gasteiger partial charge on any atom is -0.493 e. The molecule has 45 heavy (non-hydrogen) atoms. The summed E-state index contributed by atoms with van der Waals surface area (Å²) in [7, 11) is 1.60. The molecule has 0 aliphatic rings. The minimum atomic E-state index is -0.706. The lowest BCUT2D eigenvalue weighted by Crippen LogP contribution is -2.37. The summed E-state index contributed by atoms with van der Waals surface area (Å²) in [5, 5.41) is 0. The molecule has 0 saturated carbocycles. The number of ether oxygens (including phenoxy) is 3. The van der Waals surface area contributed by atoms with Crippen LogP contribution in [0.15, 0.2) is 73.1 Å². The standard InChI is InChI=1S/C38H53N2O5/c1-4-6-7-8-9-10-11-12-13-14-15-19-28-44-35-23-22-33(29-36(35)43-3)31-45-38(42)40(37(41)34-20-17-16-18-21-34)30-32-24-26-39(5-2)27-25-32/h16-18,20-27,29H,4-15,19,28,30-31H2,1-3H3/q+1. The Hall–Kier alpha value is -3.87. The number of hydrogen-bond donors (Lipinski definition) is 0. The van der Waals surface area contributed by atoms with Crippen LogP contribution < -0.4 is 14.0 Å². The lowest BCUT2D eigenvalue weighted by molar-refractivity contribution is -0.693. The van der Waals surface area contributed by atoms with Crippen LogP contribution in [0.3, 0.4) is 0 Å². The van der Waals surface area contributed by atoms with Crippen molar-refractivity contribution in [2.24, 2.45) is 0 Å². The molecular formula is C38H53N2O5+. The van der Waals surface area contributed by atoms with Crippen molar-refractivity contribution in [2.45, 2.75) is 111 Å². The van der Waals surface area contributed by atoms with E-state index in [1.807, 2.05) is 53.4 Å². The monoisotopic (exact) mass is 617 g/mol. The molecule has 7 nitrogen and oxygen atoms in total. The largest absolute Gasteiger partial charge is 0.493 e. The van der Waals surface area contributed by atoms with E-state index in [-0.39, 0.29) is 13.2 Å². The zero-order valence-electron chi connectivity index (χ0n) is 27.7. The normalized spacial score (nSPS) is 10.8. The number of carbonyl (C=O) groups is 2. The first kappa shape index (κ1) is 35.6. The van der Waals surface area contributed by atoms with Crippen LogP contribution in [0.4, 0.5) is 4.79 Å². The molecule has 0 bridgehead atoms. The number of pyridine rings is 1. The molecule has 3 aromatic rings. The third-order valence-corrected chi connectivity index (χ3v) is 8.00. The molecule has 3 rings (SSSR count). The number of rotatable bonds is 21. The van der Waals surface area contributed by atoms with Gasteiger partial charge in [-0.3, -0.25) is 4.79 Å². The highest BCUT2D eigenvalue weighted by Crippen LogP contribution is 2.29. The van der Waals surface area contributed by atoms with E-state index in [0.717, 1.165) is 35.4 Å². The maximum atomic E-state index is 13.3. The first-order chi connectivity index (χ1) is 22.0. The summed E-state index contributed by atoms with van der Waals surface area (Å²) in [6, 6.07) is 18.1. The molecule has 244 valence electrons. The summed E-state index contributed by atoms with van der Waals surface area (Å²) in [5.74, 6) is 0.852. The highest BCUT2D eigenvalue weighted by molar-refractivity contribution is 6.02. The molecule has 1 aromatic heterocycles. The highest BCUT2D eigenvalue weighted by Gasteiger charge is 2.25. The van der Waals surface area contributed by atoms with Crippen molar-refractivity contribution >= 4 is 12.0 Å². The third kappa shape index (κ3) is 12.9. The van der Waals surface area contributed by atoms with E-state index < -0.39 is 12.0 Å². The fourth-order valence-electron chi connectivity index (χ4n) is 5.21. The maximum Gasteiger partial charge on any atom is 0.417 e. The first-order valence-electron chi connectivity index (χ1n) is 16.9. The smallest absolute Gasteiger partial charge is 0.417 e. The van der Waals surface area contributed by atoms with Crippen LogP contribution in [0.2, 0.25) is 0 Å². The molecule has 0 fully saturated rings. The third-order valence-electron chi connectivity index (χ3n) is 8.00. The van der Waals surface area contributed by atoms with Gasteiger partial charge in [-0.05, 0) is 48.7 Å². The van der Waals surface area contributed by atoms with Crippen molar-refractivity contribution in [2.75, 3.05) is 13.7 Å². The molecule has 0 unspecified atom stereocenters. The lowest BCUT2D eigenvalue weighted by Gasteiger charge is -2.21. The average molecular weight is 618 g/mol. The number of methoxy groups -OCH3 is 1. The Bertz CT molecular complexity index is 1260. The van der Waals surface area contributed by atoms with Crippen LogP contribution in [-0.2, 0) is 24.4 Å². The lowest BCUT2D eigenvalue weighted by atomic mass is 10.1. The molecule has 0 radical (unpaired) electrons. The van der Waals surface area contributed by atoms with E-state index in [4.69, 9.17) is 14.2 Å². The van der Waals surface area contributed by atoms with Crippen molar-refractivity contribution in [3.63, 3.8) is 0 Å². The first-order valence-corrected chi connectivity index (χ1v) is 16.9. The molecule has 7 heteroatoms. The fraction of sp³-hybridized carbons (Fsp3) is 0.500. The number of amides is 2. The molecule has 0 N–H and O–H groups in total. The molecule has 0 saturated heterocycles. The van der Waals surface area contributed by atoms with E-state index in [9.17, 15) is 9.59 Å². The van der Waals surface area contributed by atoms with Gasteiger partial charge in [0.25, 0.3) is 5.91 Å². The van der Waals surface area contributed by atoms with Gasteiger partial charge < -0.3 is 14.2 Å². The van der Waals surface area contributed by atoms with Crippen LogP contribution in [0, 0.1) is 0 Å². The Morgan fingerprint density at radius 1 is 0.711 bits per heavy atom. The fourth-order valence-corrected chi connectivity index (χ4v) is 5.21. The highest BCUT2D eigenvalue weighted by atomic mass is 16.6. The van der Waals surface area contributed by atoms with Crippen molar-refractivity contribution < 1.29 is 28.4 Å². The number of carbonyl (C=O) groups excluding carboxylic acids is 2. The van der Waals surface area contributed by atoms with E-state index in [1.165, 1.54) is 64.2 Å². The van der Waals surface area contributed by atoms with Gasteiger partial charge in [-0.2, -0.15) is 0 Å². The van der Waals surface area contributed by atoms with E-state index >= 15 is 0 Å². The van der Waals surface area contributed by atoms with Crippen molar-refractivity contribution in [1.29, 1.82) is 0 Å². The number of benzene rings is 2. The van der Waals surface area contributed by atoms with E-state index in [1.54, 1.807) is 31.4 Å². The second-order valence-electron chi connectivity index (χ2n) is 11.6. The van der Waals surface area contributed by atoms with Crippen molar-refractivity contribution in [3.8, 4) is 11.5 Å². The molecule has 2 amide bonds. The number of hydrogen-bond acceptors (Lipinski definition) is 5. The molecule has 0 atom stereocenters. The van der Waals surface area contributed by atoms with Gasteiger partial charge in [0, 0.05) is 17.7 Å². The van der Waals surface area contributed by atoms with Gasteiger partial charge in [0.05, 0.1) is 20.3 Å². The van der Waals surface area contributed by atoms with Gasteiger partial charge in [0.1, 0.15) is 13.2 Å². The zero-order chi connectivity index (χ0) is 32.1. The summed E-state index contributed by atoms with van der Waals surface area (Å²) in [6.45, 7) is 5.89. The number of imide groups is 1. The van der Waals surface area contributed by atoms with Gasteiger partial charge in [0.15, 0.2) is 23.9 Å². The number of aromatic nitrogens is 1. The van der Waals surface area contributed by atoms with E-state index in [0.29, 0.717) is 23.7 Å². The van der Waals surface area contributed by atoms with Gasteiger partial charge >= 0.3 is 6.09 Å². The van der Waals surface area contributed by atoms with Gasteiger partial charge in [-0.1, -0.05) is 102 Å². The van der Waals surface area contributed by atoms with Crippen LogP contribution in [0.1, 0.15) is 112 Å². The maximum absolute atomic E-state index is 13.3. The zero-order valence-corrected chi connectivity index (χ0v) is 27.7.